The molecule has 0 spiro atoms. The molecule has 1 heterocycles. The smallest absolute Gasteiger partial charge is 0.196 e. The Morgan fingerprint density at radius 2 is 1.48 bits per heavy atom. The standard InChI is InChI=1S/C25H27ClN4O/c1-16-15-17(2)29-22-7-5-6-8-23(22)30-19(4)24(18(3)28-14-13-27-16)25(31)20-9-11-21(26)12-10-20/h5-12,15,29-30H,13-14H2,1-4H3. The second-order valence-corrected chi connectivity index (χ2v) is 7.89. The van der Waals surface area contributed by atoms with Crippen LogP contribution in [0.2, 0.25) is 5.02 Å². The van der Waals surface area contributed by atoms with Crippen LogP contribution in [0.25, 0.3) is 0 Å². The first-order valence-electron chi connectivity index (χ1n) is 10.2. The van der Waals surface area contributed by atoms with Gasteiger partial charge < -0.3 is 10.6 Å². The predicted molar refractivity (Wildman–Crippen MR) is 132 cm³/mol. The van der Waals surface area contributed by atoms with Crippen molar-refractivity contribution in [3.63, 3.8) is 0 Å². The molecule has 2 aromatic rings. The third-order valence-electron chi connectivity index (χ3n) is 4.89. The van der Waals surface area contributed by atoms with Gasteiger partial charge in [0.25, 0.3) is 0 Å². The third-order valence-corrected chi connectivity index (χ3v) is 5.14. The molecule has 0 fully saturated rings. The molecule has 0 bridgehead atoms. The molecule has 5 nitrogen and oxygen atoms in total. The quantitative estimate of drug-likeness (QED) is 0.556. The highest BCUT2D eigenvalue weighted by atomic mass is 35.5. The minimum Gasteiger partial charge on any atom is -0.357 e. The van der Waals surface area contributed by atoms with Crippen LogP contribution in [0.1, 0.15) is 38.1 Å². The SMILES string of the molecule is CC1=CC(C)=NCCN=C(C)C(C(=O)c2ccc(Cl)cc2)=C(C)Nc2ccccc2N1. The van der Waals surface area contributed by atoms with Crippen molar-refractivity contribution < 1.29 is 4.79 Å². The Labute approximate surface area is 188 Å². The minimum atomic E-state index is -0.101. The van der Waals surface area contributed by atoms with Crippen LogP contribution in [-0.2, 0) is 0 Å². The lowest BCUT2D eigenvalue weighted by molar-refractivity contribution is 0.103. The highest BCUT2D eigenvalue weighted by Crippen LogP contribution is 2.26. The first-order chi connectivity index (χ1) is 14.8. The molecule has 0 atom stereocenters. The number of fused-ring (bicyclic) bond motifs is 1. The van der Waals surface area contributed by atoms with Crippen molar-refractivity contribution in [1.82, 2.24) is 0 Å². The number of allylic oxidation sites excluding steroid dienone is 4. The summed E-state index contributed by atoms with van der Waals surface area (Å²) in [5.41, 5.74) is 6.19. The van der Waals surface area contributed by atoms with Gasteiger partial charge in [-0.25, -0.2) is 0 Å². The van der Waals surface area contributed by atoms with Crippen molar-refractivity contribution in [3.8, 4) is 0 Å². The van der Waals surface area contributed by atoms with Crippen LogP contribution in [0.5, 0.6) is 0 Å². The van der Waals surface area contributed by atoms with Gasteiger partial charge in [-0.15, -0.1) is 0 Å². The summed E-state index contributed by atoms with van der Waals surface area (Å²) in [5, 5.41) is 7.44. The topological polar surface area (TPSA) is 65.8 Å². The van der Waals surface area contributed by atoms with Crippen molar-refractivity contribution in [3.05, 3.63) is 82.2 Å². The Kier molecular flexibility index (Phi) is 7.42. The molecule has 0 saturated heterocycles. The minimum absolute atomic E-state index is 0.101. The van der Waals surface area contributed by atoms with Crippen molar-refractivity contribution in [2.75, 3.05) is 23.7 Å². The van der Waals surface area contributed by atoms with Gasteiger partial charge in [0.15, 0.2) is 5.78 Å². The summed E-state index contributed by atoms with van der Waals surface area (Å²) < 4.78 is 0. The fourth-order valence-corrected chi connectivity index (χ4v) is 3.57. The van der Waals surface area contributed by atoms with E-state index in [0.717, 1.165) is 28.5 Å². The molecule has 0 amide bonds. The van der Waals surface area contributed by atoms with E-state index in [1.807, 2.05) is 58.0 Å². The lowest BCUT2D eigenvalue weighted by Crippen LogP contribution is -2.17. The maximum Gasteiger partial charge on any atom is 0.196 e. The number of ketones is 1. The zero-order chi connectivity index (χ0) is 22.4. The number of nitrogens with zero attached hydrogens (tertiary/aromatic N) is 2. The number of Topliss-reactive ketones (excluding diaryl/α,β-unsaturated/α-hetero) is 1. The van der Waals surface area contributed by atoms with E-state index in [2.05, 4.69) is 20.6 Å². The van der Waals surface area contributed by atoms with Gasteiger partial charge >= 0.3 is 0 Å². The van der Waals surface area contributed by atoms with Crippen LogP contribution in [0.3, 0.4) is 0 Å². The fourth-order valence-electron chi connectivity index (χ4n) is 3.45. The molecule has 6 heteroatoms. The second-order valence-electron chi connectivity index (χ2n) is 7.45. The van der Waals surface area contributed by atoms with Gasteiger partial charge in [-0.1, -0.05) is 23.7 Å². The molecule has 0 saturated carbocycles. The number of nitrogens with one attached hydrogen (secondary N) is 2. The molecule has 31 heavy (non-hydrogen) atoms. The average molecular weight is 435 g/mol. The van der Waals surface area contributed by atoms with Gasteiger partial charge in [0, 0.05) is 33.4 Å². The van der Waals surface area contributed by atoms with E-state index in [4.69, 9.17) is 11.6 Å². The first-order valence-corrected chi connectivity index (χ1v) is 10.6. The zero-order valence-electron chi connectivity index (χ0n) is 18.3. The van der Waals surface area contributed by atoms with Gasteiger partial charge in [0.2, 0.25) is 0 Å². The van der Waals surface area contributed by atoms with Crippen LogP contribution in [-0.4, -0.2) is 30.3 Å². The number of carbonyl (C=O) groups excluding carboxylic acids is 1. The van der Waals surface area contributed by atoms with Crippen LogP contribution in [0, 0.1) is 0 Å². The van der Waals surface area contributed by atoms with Gasteiger partial charge in [-0.05, 0) is 70.2 Å². The summed E-state index contributed by atoms with van der Waals surface area (Å²) in [4.78, 5) is 22.6. The van der Waals surface area contributed by atoms with Crippen LogP contribution in [0.4, 0.5) is 11.4 Å². The molecule has 0 unspecified atom stereocenters. The molecule has 0 aromatic heterocycles. The summed E-state index contributed by atoms with van der Waals surface area (Å²) >= 11 is 6.01. The Morgan fingerprint density at radius 1 is 0.871 bits per heavy atom. The molecule has 0 radical (unpaired) electrons. The van der Waals surface area contributed by atoms with E-state index in [1.54, 1.807) is 24.3 Å². The highest BCUT2D eigenvalue weighted by Gasteiger charge is 2.19. The first kappa shape index (κ1) is 22.5. The summed E-state index contributed by atoms with van der Waals surface area (Å²) in [6.07, 6.45) is 2.01. The molecule has 2 aromatic carbocycles. The molecular formula is C25H27ClN4O. The second kappa shape index (κ2) is 10.2. The number of aliphatic imine (C=N–C) groups is 2. The summed E-state index contributed by atoms with van der Waals surface area (Å²) in [5.74, 6) is -0.101. The Morgan fingerprint density at radius 3 is 2.16 bits per heavy atom. The molecule has 1 aliphatic rings. The predicted octanol–water partition coefficient (Wildman–Crippen LogP) is 6.16. The van der Waals surface area contributed by atoms with E-state index in [0.29, 0.717) is 35.0 Å². The number of hydrogen-bond donors (Lipinski definition) is 2. The molecular weight excluding hydrogens is 408 g/mol. The Balaban J connectivity index is 2.11. The zero-order valence-corrected chi connectivity index (χ0v) is 19.0. The van der Waals surface area contributed by atoms with Crippen molar-refractivity contribution in [2.45, 2.75) is 27.7 Å². The van der Waals surface area contributed by atoms with E-state index >= 15 is 0 Å². The van der Waals surface area contributed by atoms with Gasteiger partial charge in [0.1, 0.15) is 0 Å². The fraction of sp³-hybridized carbons (Fsp3) is 0.240. The number of hydrogen-bond acceptors (Lipinski definition) is 5. The maximum atomic E-state index is 13.4. The van der Waals surface area contributed by atoms with Crippen LogP contribution >= 0.6 is 11.6 Å². The third kappa shape index (κ3) is 5.92. The van der Waals surface area contributed by atoms with Crippen LogP contribution < -0.4 is 10.6 Å². The van der Waals surface area contributed by atoms with Crippen LogP contribution in [0.15, 0.2) is 81.6 Å². The number of carbonyl (C=O) groups is 1. The van der Waals surface area contributed by atoms with Crippen molar-refractivity contribution in [2.24, 2.45) is 9.98 Å². The van der Waals surface area contributed by atoms with Gasteiger partial charge in [0.05, 0.1) is 30.0 Å². The Bertz CT molecular complexity index is 1090. The van der Waals surface area contributed by atoms with E-state index in [1.165, 1.54) is 0 Å². The number of rotatable bonds is 2. The molecule has 160 valence electrons. The number of benzene rings is 2. The summed E-state index contributed by atoms with van der Waals surface area (Å²) in [7, 11) is 0. The number of halogens is 1. The van der Waals surface area contributed by atoms with Gasteiger partial charge in [-0.2, -0.15) is 0 Å². The molecule has 3 rings (SSSR count). The highest BCUT2D eigenvalue weighted by molar-refractivity contribution is 6.31. The Hall–Kier alpha value is -3.18. The van der Waals surface area contributed by atoms with Crippen molar-refractivity contribution >= 4 is 40.2 Å². The number of anilines is 2. The summed E-state index contributed by atoms with van der Waals surface area (Å²) in [6.45, 7) is 8.80. The normalized spacial score (nSPS) is 15.5. The lowest BCUT2D eigenvalue weighted by Gasteiger charge is -2.18. The van der Waals surface area contributed by atoms with Gasteiger partial charge in [-0.3, -0.25) is 14.8 Å². The van der Waals surface area contributed by atoms with E-state index in [-0.39, 0.29) is 5.78 Å². The number of para-hydroxylation sites is 2. The molecule has 2 N–H and O–H groups in total. The van der Waals surface area contributed by atoms with Crippen molar-refractivity contribution in [1.29, 1.82) is 0 Å². The van der Waals surface area contributed by atoms with E-state index in [9.17, 15) is 4.79 Å². The molecule has 0 aliphatic carbocycles. The maximum absolute atomic E-state index is 13.4. The average Bonchev–Trinajstić information content (AvgIpc) is 2.72. The molecule has 1 aliphatic heterocycles. The lowest BCUT2D eigenvalue weighted by atomic mass is 9.98. The summed E-state index contributed by atoms with van der Waals surface area (Å²) in [6, 6.07) is 14.8. The van der Waals surface area contributed by atoms with E-state index < -0.39 is 0 Å². The largest absolute Gasteiger partial charge is 0.357 e. The monoisotopic (exact) mass is 434 g/mol.